The van der Waals surface area contributed by atoms with Crippen LogP contribution in [0, 0.1) is 12.8 Å². The SMILES string of the molecule is Cc1nn(C)cc1C(CN)N1CCCC1C(C)C. The molecular weight excluding hydrogens is 224 g/mol. The van der Waals surface area contributed by atoms with Crippen molar-refractivity contribution >= 4 is 0 Å². The molecule has 4 heteroatoms. The molecule has 0 radical (unpaired) electrons. The second-order valence-corrected chi connectivity index (χ2v) is 5.79. The van der Waals surface area contributed by atoms with Gasteiger partial charge in [0.2, 0.25) is 0 Å². The van der Waals surface area contributed by atoms with Gasteiger partial charge in [-0.2, -0.15) is 5.10 Å². The molecule has 2 heterocycles. The number of hydrogen-bond acceptors (Lipinski definition) is 3. The van der Waals surface area contributed by atoms with Crippen LogP contribution in [0.15, 0.2) is 6.20 Å². The minimum Gasteiger partial charge on any atom is -0.329 e. The summed E-state index contributed by atoms with van der Waals surface area (Å²) in [5.74, 6) is 0.693. The lowest BCUT2D eigenvalue weighted by Crippen LogP contribution is -2.40. The zero-order valence-corrected chi connectivity index (χ0v) is 12.1. The molecular formula is C14H26N4. The number of nitrogens with two attached hydrogens (primary N) is 1. The highest BCUT2D eigenvalue weighted by Crippen LogP contribution is 2.33. The predicted octanol–water partition coefficient (Wildman–Crippen LogP) is 1.85. The molecule has 2 rings (SSSR count). The normalized spacial score (nSPS) is 22.9. The minimum atomic E-state index is 0.327. The average Bonchev–Trinajstić information content (AvgIpc) is 2.88. The van der Waals surface area contributed by atoms with Crippen LogP contribution in [0.2, 0.25) is 0 Å². The standard InChI is InChI=1S/C14H26N4/c1-10(2)13-6-5-7-18(13)14(8-15)12-9-17(4)16-11(12)3/h9-10,13-14H,5-8,15H2,1-4H3. The number of nitrogens with zero attached hydrogens (tertiary/aromatic N) is 3. The molecule has 1 aliphatic heterocycles. The van der Waals surface area contributed by atoms with Crippen molar-refractivity contribution in [2.24, 2.45) is 18.7 Å². The summed E-state index contributed by atoms with van der Waals surface area (Å²) in [5, 5.41) is 4.46. The van der Waals surface area contributed by atoms with Crippen molar-refractivity contribution in [1.82, 2.24) is 14.7 Å². The average molecular weight is 250 g/mol. The lowest BCUT2D eigenvalue weighted by Gasteiger charge is -2.34. The van der Waals surface area contributed by atoms with Crippen LogP contribution in [0.1, 0.15) is 44.0 Å². The molecule has 0 aliphatic carbocycles. The fourth-order valence-electron chi connectivity index (χ4n) is 3.30. The van der Waals surface area contributed by atoms with Gasteiger partial charge in [-0.3, -0.25) is 9.58 Å². The topological polar surface area (TPSA) is 47.1 Å². The number of hydrogen-bond donors (Lipinski definition) is 1. The van der Waals surface area contributed by atoms with E-state index in [-0.39, 0.29) is 0 Å². The largest absolute Gasteiger partial charge is 0.329 e. The molecule has 0 aromatic carbocycles. The fraction of sp³-hybridized carbons (Fsp3) is 0.786. The first kappa shape index (κ1) is 13.6. The number of aryl methyl sites for hydroxylation is 2. The van der Waals surface area contributed by atoms with Gasteiger partial charge in [-0.1, -0.05) is 13.8 Å². The van der Waals surface area contributed by atoms with Gasteiger partial charge in [-0.05, 0) is 32.2 Å². The lowest BCUT2D eigenvalue weighted by atomic mass is 9.98. The van der Waals surface area contributed by atoms with Crippen LogP contribution in [-0.4, -0.2) is 33.8 Å². The van der Waals surface area contributed by atoms with Crippen molar-refractivity contribution in [2.45, 2.75) is 45.7 Å². The van der Waals surface area contributed by atoms with E-state index in [4.69, 9.17) is 5.73 Å². The monoisotopic (exact) mass is 250 g/mol. The Morgan fingerprint density at radius 1 is 1.50 bits per heavy atom. The van der Waals surface area contributed by atoms with E-state index < -0.39 is 0 Å². The van der Waals surface area contributed by atoms with Gasteiger partial charge in [0.1, 0.15) is 0 Å². The molecule has 4 nitrogen and oxygen atoms in total. The third-order valence-corrected chi connectivity index (χ3v) is 4.15. The zero-order valence-electron chi connectivity index (χ0n) is 12.1. The first-order valence-corrected chi connectivity index (χ1v) is 7.00. The molecule has 2 unspecified atom stereocenters. The van der Waals surface area contributed by atoms with E-state index in [1.807, 2.05) is 11.7 Å². The Balaban J connectivity index is 2.25. The summed E-state index contributed by atoms with van der Waals surface area (Å²) < 4.78 is 1.90. The van der Waals surface area contributed by atoms with E-state index in [1.165, 1.54) is 24.9 Å². The first-order valence-electron chi connectivity index (χ1n) is 7.00. The van der Waals surface area contributed by atoms with Gasteiger partial charge in [0.15, 0.2) is 0 Å². The minimum absolute atomic E-state index is 0.327. The van der Waals surface area contributed by atoms with E-state index in [1.54, 1.807) is 0 Å². The number of likely N-dealkylation sites (tertiary alicyclic amines) is 1. The summed E-state index contributed by atoms with van der Waals surface area (Å²) >= 11 is 0. The highest BCUT2D eigenvalue weighted by Gasteiger charge is 2.33. The van der Waals surface area contributed by atoms with E-state index in [9.17, 15) is 0 Å². The Kier molecular flexibility index (Phi) is 4.07. The Morgan fingerprint density at radius 2 is 2.22 bits per heavy atom. The molecule has 102 valence electrons. The molecule has 0 saturated carbocycles. The Hall–Kier alpha value is -0.870. The Bertz CT molecular complexity index is 396. The zero-order chi connectivity index (χ0) is 13.3. The van der Waals surface area contributed by atoms with Crippen molar-refractivity contribution in [3.05, 3.63) is 17.5 Å². The smallest absolute Gasteiger partial charge is 0.0641 e. The van der Waals surface area contributed by atoms with Crippen LogP contribution in [0.3, 0.4) is 0 Å². The molecule has 0 spiro atoms. The van der Waals surface area contributed by atoms with Crippen molar-refractivity contribution < 1.29 is 0 Å². The summed E-state index contributed by atoms with van der Waals surface area (Å²) in [5.41, 5.74) is 8.46. The number of rotatable bonds is 4. The third-order valence-electron chi connectivity index (χ3n) is 4.15. The first-order chi connectivity index (χ1) is 8.54. The molecule has 18 heavy (non-hydrogen) atoms. The summed E-state index contributed by atoms with van der Waals surface area (Å²) in [6.45, 7) is 8.55. The lowest BCUT2D eigenvalue weighted by molar-refractivity contribution is 0.149. The molecule has 0 amide bonds. The van der Waals surface area contributed by atoms with Gasteiger partial charge in [-0.15, -0.1) is 0 Å². The fourth-order valence-corrected chi connectivity index (χ4v) is 3.30. The van der Waals surface area contributed by atoms with Crippen LogP contribution < -0.4 is 5.73 Å². The van der Waals surface area contributed by atoms with E-state index in [0.29, 0.717) is 24.5 Å². The molecule has 1 aromatic rings. The molecule has 0 bridgehead atoms. The van der Waals surface area contributed by atoms with Crippen LogP contribution in [0.25, 0.3) is 0 Å². The highest BCUT2D eigenvalue weighted by molar-refractivity contribution is 5.21. The van der Waals surface area contributed by atoms with Crippen LogP contribution >= 0.6 is 0 Å². The summed E-state index contributed by atoms with van der Waals surface area (Å²) in [6.07, 6.45) is 4.72. The van der Waals surface area contributed by atoms with Crippen molar-refractivity contribution in [2.75, 3.05) is 13.1 Å². The van der Waals surface area contributed by atoms with Gasteiger partial charge in [-0.25, -0.2) is 0 Å². The Morgan fingerprint density at radius 3 is 2.72 bits per heavy atom. The number of aromatic nitrogens is 2. The van der Waals surface area contributed by atoms with E-state index >= 15 is 0 Å². The molecule has 1 saturated heterocycles. The predicted molar refractivity (Wildman–Crippen MR) is 74.3 cm³/mol. The highest BCUT2D eigenvalue weighted by atomic mass is 15.3. The molecule has 2 atom stereocenters. The quantitative estimate of drug-likeness (QED) is 0.887. The maximum absolute atomic E-state index is 6.05. The molecule has 1 aromatic heterocycles. The third kappa shape index (κ3) is 2.45. The Labute approximate surface area is 110 Å². The molecule has 1 fully saturated rings. The summed E-state index contributed by atoms with van der Waals surface area (Å²) in [6, 6.07) is 0.992. The van der Waals surface area contributed by atoms with Crippen LogP contribution in [0.4, 0.5) is 0 Å². The second kappa shape index (κ2) is 5.41. The van der Waals surface area contributed by atoms with E-state index in [0.717, 1.165) is 5.69 Å². The molecule has 1 aliphatic rings. The molecule has 2 N–H and O–H groups in total. The van der Waals surface area contributed by atoms with Gasteiger partial charge in [0.05, 0.1) is 11.7 Å². The van der Waals surface area contributed by atoms with Crippen molar-refractivity contribution in [3.8, 4) is 0 Å². The maximum Gasteiger partial charge on any atom is 0.0641 e. The van der Waals surface area contributed by atoms with Gasteiger partial charge in [0.25, 0.3) is 0 Å². The van der Waals surface area contributed by atoms with Crippen molar-refractivity contribution in [1.29, 1.82) is 0 Å². The maximum atomic E-state index is 6.05. The summed E-state index contributed by atoms with van der Waals surface area (Å²) in [7, 11) is 1.98. The van der Waals surface area contributed by atoms with Gasteiger partial charge < -0.3 is 5.73 Å². The summed E-state index contributed by atoms with van der Waals surface area (Å²) in [4.78, 5) is 2.59. The van der Waals surface area contributed by atoms with Crippen LogP contribution in [-0.2, 0) is 7.05 Å². The van der Waals surface area contributed by atoms with E-state index in [2.05, 4.69) is 37.0 Å². The van der Waals surface area contributed by atoms with Crippen molar-refractivity contribution in [3.63, 3.8) is 0 Å². The van der Waals surface area contributed by atoms with Gasteiger partial charge in [0, 0.05) is 31.4 Å². The van der Waals surface area contributed by atoms with Crippen LogP contribution in [0.5, 0.6) is 0 Å². The van der Waals surface area contributed by atoms with Gasteiger partial charge >= 0.3 is 0 Å². The second-order valence-electron chi connectivity index (χ2n) is 5.79.